The summed E-state index contributed by atoms with van der Waals surface area (Å²) in [5.41, 5.74) is 4.47. The summed E-state index contributed by atoms with van der Waals surface area (Å²) in [6, 6.07) is 18.9. The molecular formula is C26H29N3O2S. The van der Waals surface area contributed by atoms with Crippen LogP contribution in [0.3, 0.4) is 0 Å². The number of amides is 1. The summed E-state index contributed by atoms with van der Waals surface area (Å²) >= 11 is 1.67. The molecule has 1 N–H and O–H groups in total. The maximum absolute atomic E-state index is 12.5. The monoisotopic (exact) mass is 447 g/mol. The van der Waals surface area contributed by atoms with Crippen LogP contribution in [0.25, 0.3) is 0 Å². The molecule has 32 heavy (non-hydrogen) atoms. The molecule has 1 saturated carbocycles. The largest absolute Gasteiger partial charge is 0.489 e. The highest BCUT2D eigenvalue weighted by Crippen LogP contribution is 2.45. The third-order valence-electron chi connectivity index (χ3n) is 6.38. The predicted molar refractivity (Wildman–Crippen MR) is 129 cm³/mol. The molecule has 1 atom stereocenters. The summed E-state index contributed by atoms with van der Waals surface area (Å²) in [4.78, 5) is 12.5. The fourth-order valence-corrected chi connectivity index (χ4v) is 5.93. The first-order valence-electron chi connectivity index (χ1n) is 11.5. The number of nitrogens with one attached hydrogen (secondary N) is 1. The van der Waals surface area contributed by atoms with E-state index >= 15 is 0 Å². The molecule has 5 rings (SSSR count). The first-order valence-corrected chi connectivity index (χ1v) is 12.5. The highest BCUT2D eigenvalue weighted by Gasteiger charge is 2.32. The Morgan fingerprint density at radius 3 is 2.56 bits per heavy atom. The van der Waals surface area contributed by atoms with Crippen molar-refractivity contribution in [1.29, 1.82) is 0 Å². The third-order valence-corrected chi connectivity index (χ3v) is 7.65. The summed E-state index contributed by atoms with van der Waals surface area (Å²) in [6.45, 7) is 2.62. The van der Waals surface area contributed by atoms with Gasteiger partial charge in [0.25, 0.3) is 0 Å². The number of ether oxygens (including phenoxy) is 1. The molecule has 2 aromatic carbocycles. The van der Waals surface area contributed by atoms with Crippen molar-refractivity contribution in [3.05, 3.63) is 77.0 Å². The van der Waals surface area contributed by atoms with Crippen LogP contribution < -0.4 is 10.1 Å². The van der Waals surface area contributed by atoms with Crippen molar-refractivity contribution in [2.75, 3.05) is 11.1 Å². The van der Waals surface area contributed by atoms with Gasteiger partial charge in [-0.2, -0.15) is 5.10 Å². The molecule has 0 saturated heterocycles. The summed E-state index contributed by atoms with van der Waals surface area (Å²) in [7, 11) is 0. The first kappa shape index (κ1) is 21.1. The van der Waals surface area contributed by atoms with Gasteiger partial charge >= 0.3 is 0 Å². The zero-order chi connectivity index (χ0) is 21.9. The number of aromatic nitrogens is 2. The molecule has 1 fully saturated rings. The van der Waals surface area contributed by atoms with Crippen molar-refractivity contribution in [2.24, 2.45) is 0 Å². The first-order chi connectivity index (χ1) is 15.7. The lowest BCUT2D eigenvalue weighted by atomic mass is 9.95. The second-order valence-corrected chi connectivity index (χ2v) is 9.76. The average Bonchev–Trinajstić information content (AvgIpc) is 3.04. The molecule has 166 valence electrons. The summed E-state index contributed by atoms with van der Waals surface area (Å²) in [5.74, 6) is 2.24. The molecule has 3 aromatic rings. The maximum Gasteiger partial charge on any atom is 0.235 e. The quantitative estimate of drug-likeness (QED) is 0.517. The summed E-state index contributed by atoms with van der Waals surface area (Å²) in [5, 5.41) is 8.16. The molecule has 5 nitrogen and oxygen atoms in total. The molecule has 0 radical (unpaired) electrons. The van der Waals surface area contributed by atoms with Gasteiger partial charge in [-0.05, 0) is 43.0 Å². The Bertz CT molecular complexity index is 1070. The van der Waals surface area contributed by atoms with Gasteiger partial charge in [-0.3, -0.25) is 4.79 Å². The van der Waals surface area contributed by atoms with E-state index in [1.807, 2.05) is 30.3 Å². The van der Waals surface area contributed by atoms with E-state index in [1.54, 1.807) is 11.8 Å². The van der Waals surface area contributed by atoms with E-state index in [9.17, 15) is 4.79 Å². The smallest absolute Gasteiger partial charge is 0.235 e. The number of nitrogens with zero attached hydrogens (tertiary/aromatic N) is 2. The molecule has 0 spiro atoms. The Hall–Kier alpha value is -2.73. The summed E-state index contributed by atoms with van der Waals surface area (Å²) in [6.07, 6.45) is 6.02. The van der Waals surface area contributed by atoms with Crippen molar-refractivity contribution in [3.63, 3.8) is 0 Å². The number of rotatable bonds is 5. The predicted octanol–water partition coefficient (Wildman–Crippen LogP) is 6.05. The van der Waals surface area contributed by atoms with E-state index in [4.69, 9.17) is 9.84 Å². The van der Waals surface area contributed by atoms with Crippen LogP contribution in [-0.2, 0) is 11.4 Å². The number of benzene rings is 2. The van der Waals surface area contributed by atoms with Gasteiger partial charge in [0.15, 0.2) is 0 Å². The number of fused-ring (bicyclic) bond motifs is 1. The second-order valence-electron chi connectivity index (χ2n) is 8.67. The average molecular weight is 448 g/mol. The van der Waals surface area contributed by atoms with Crippen molar-refractivity contribution in [2.45, 2.75) is 56.9 Å². The molecular weight excluding hydrogens is 418 g/mol. The molecule has 6 heteroatoms. The van der Waals surface area contributed by atoms with Gasteiger partial charge < -0.3 is 10.1 Å². The number of hydrogen-bond donors (Lipinski definition) is 1. The van der Waals surface area contributed by atoms with Crippen LogP contribution in [-0.4, -0.2) is 21.4 Å². The number of carbonyl (C=O) groups is 1. The van der Waals surface area contributed by atoms with Crippen LogP contribution in [0, 0.1) is 6.92 Å². The van der Waals surface area contributed by atoms with Gasteiger partial charge in [-0.25, -0.2) is 4.68 Å². The highest BCUT2D eigenvalue weighted by molar-refractivity contribution is 8.00. The molecule has 1 amide bonds. The van der Waals surface area contributed by atoms with E-state index in [-0.39, 0.29) is 11.2 Å². The highest BCUT2D eigenvalue weighted by atomic mass is 32.2. The van der Waals surface area contributed by atoms with E-state index in [0.717, 1.165) is 41.2 Å². The maximum atomic E-state index is 12.5. The van der Waals surface area contributed by atoms with Crippen LogP contribution >= 0.6 is 11.8 Å². The Labute approximate surface area is 193 Å². The lowest BCUT2D eigenvalue weighted by molar-refractivity contribution is -0.113. The van der Waals surface area contributed by atoms with Crippen molar-refractivity contribution < 1.29 is 9.53 Å². The minimum Gasteiger partial charge on any atom is -0.489 e. The van der Waals surface area contributed by atoms with E-state index < -0.39 is 0 Å². The van der Waals surface area contributed by atoms with Gasteiger partial charge in [-0.1, -0.05) is 61.7 Å². The SMILES string of the molecule is Cc1nn(C2CCCCC2)c2c1[C@H](c1ccc(OCc3ccccc3)cc1)SCC(=O)N2. The zero-order valence-corrected chi connectivity index (χ0v) is 19.2. The van der Waals surface area contributed by atoms with Crippen molar-refractivity contribution >= 4 is 23.5 Å². The van der Waals surface area contributed by atoms with Crippen LogP contribution in [0.1, 0.15) is 65.8 Å². The molecule has 1 aliphatic carbocycles. The van der Waals surface area contributed by atoms with Crippen molar-refractivity contribution in [1.82, 2.24) is 9.78 Å². The van der Waals surface area contributed by atoms with Crippen LogP contribution in [0.4, 0.5) is 5.82 Å². The molecule has 1 aliphatic heterocycles. The minimum atomic E-state index is 0.0542. The standard InChI is InChI=1S/C26H29N3O2S/c1-18-24-25(20-12-14-22(15-13-20)31-16-19-8-4-2-5-9-19)32-17-23(30)27-26(24)29(28-18)21-10-6-3-7-11-21/h2,4-5,8-9,12-15,21,25H,3,6-7,10-11,16-17H2,1H3,(H,27,30)/t25-/m0/s1. The minimum absolute atomic E-state index is 0.0542. The van der Waals surface area contributed by atoms with E-state index in [2.05, 4.69) is 41.2 Å². The Kier molecular flexibility index (Phi) is 6.21. The molecule has 0 unspecified atom stereocenters. The molecule has 1 aromatic heterocycles. The van der Waals surface area contributed by atoms with Gasteiger partial charge in [-0.15, -0.1) is 11.8 Å². The number of aryl methyl sites for hydroxylation is 1. The Morgan fingerprint density at radius 1 is 1.06 bits per heavy atom. The number of hydrogen-bond acceptors (Lipinski definition) is 4. The second kappa shape index (κ2) is 9.41. The van der Waals surface area contributed by atoms with E-state index in [0.29, 0.717) is 18.4 Å². The van der Waals surface area contributed by atoms with Gasteiger partial charge in [0.1, 0.15) is 18.2 Å². The topological polar surface area (TPSA) is 56.2 Å². The van der Waals surface area contributed by atoms with Gasteiger partial charge in [0.2, 0.25) is 5.91 Å². The molecule has 0 bridgehead atoms. The zero-order valence-electron chi connectivity index (χ0n) is 18.4. The molecule has 2 aliphatic rings. The lowest BCUT2D eigenvalue weighted by Gasteiger charge is -2.24. The van der Waals surface area contributed by atoms with Crippen molar-refractivity contribution in [3.8, 4) is 5.75 Å². The van der Waals surface area contributed by atoms with Gasteiger partial charge in [0.05, 0.1) is 22.7 Å². The Balaban J connectivity index is 1.40. The Morgan fingerprint density at radius 2 is 1.81 bits per heavy atom. The fraction of sp³-hybridized carbons (Fsp3) is 0.385. The number of anilines is 1. The molecule has 2 heterocycles. The van der Waals surface area contributed by atoms with Crippen LogP contribution in [0.5, 0.6) is 5.75 Å². The fourth-order valence-electron chi connectivity index (χ4n) is 4.74. The van der Waals surface area contributed by atoms with Gasteiger partial charge in [0, 0.05) is 5.56 Å². The van der Waals surface area contributed by atoms with Crippen LogP contribution in [0.15, 0.2) is 54.6 Å². The van der Waals surface area contributed by atoms with Crippen LogP contribution in [0.2, 0.25) is 0 Å². The normalized spacial score (nSPS) is 19.2. The number of carbonyl (C=O) groups excluding carboxylic acids is 1. The van der Waals surface area contributed by atoms with E-state index in [1.165, 1.54) is 24.8 Å². The number of thioether (sulfide) groups is 1. The lowest BCUT2D eigenvalue weighted by Crippen LogP contribution is -2.20. The third kappa shape index (κ3) is 4.42. The summed E-state index contributed by atoms with van der Waals surface area (Å²) < 4.78 is 8.07.